The van der Waals surface area contributed by atoms with Crippen LogP contribution in [0.5, 0.6) is 5.75 Å². The highest BCUT2D eigenvalue weighted by Crippen LogP contribution is 2.36. The standard InChI is InChI=1S/C19H16F3NO5S/c1-28-13-7-8-16-14(10-13)12(6-9-18(24)25)11-23(16)29(26,27)17-5-3-2-4-15(17)19(20,21)22/h2-5,7-8,10-11H,6,9H2,1H3,(H,24,25). The third kappa shape index (κ3) is 3.93. The first-order valence-corrected chi connectivity index (χ1v) is 9.81. The predicted molar refractivity (Wildman–Crippen MR) is 98.5 cm³/mol. The largest absolute Gasteiger partial charge is 0.497 e. The van der Waals surface area contributed by atoms with Gasteiger partial charge in [-0.2, -0.15) is 13.2 Å². The van der Waals surface area contributed by atoms with Gasteiger partial charge in [0.25, 0.3) is 10.0 Å². The normalized spacial score (nSPS) is 12.3. The first-order valence-electron chi connectivity index (χ1n) is 8.37. The maximum Gasteiger partial charge on any atom is 0.417 e. The summed E-state index contributed by atoms with van der Waals surface area (Å²) in [6.45, 7) is 0. The van der Waals surface area contributed by atoms with Gasteiger partial charge in [-0.05, 0) is 42.3 Å². The van der Waals surface area contributed by atoms with Gasteiger partial charge >= 0.3 is 12.1 Å². The quantitative estimate of drug-likeness (QED) is 0.645. The van der Waals surface area contributed by atoms with Crippen molar-refractivity contribution in [2.75, 3.05) is 7.11 Å². The number of aromatic nitrogens is 1. The highest BCUT2D eigenvalue weighted by Gasteiger charge is 2.37. The third-order valence-electron chi connectivity index (χ3n) is 4.40. The van der Waals surface area contributed by atoms with Crippen molar-refractivity contribution in [2.45, 2.75) is 23.9 Å². The minimum atomic E-state index is -4.86. The first-order chi connectivity index (χ1) is 13.6. The molecule has 0 aliphatic carbocycles. The molecule has 0 radical (unpaired) electrons. The van der Waals surface area contributed by atoms with E-state index in [9.17, 15) is 26.4 Å². The Labute approximate surface area is 164 Å². The van der Waals surface area contributed by atoms with Crippen LogP contribution in [0.1, 0.15) is 17.5 Å². The summed E-state index contributed by atoms with van der Waals surface area (Å²) in [5.41, 5.74) is -0.778. The Morgan fingerprint density at radius 1 is 1.17 bits per heavy atom. The molecule has 0 aliphatic rings. The second-order valence-corrected chi connectivity index (χ2v) is 8.01. The van der Waals surface area contributed by atoms with Gasteiger partial charge in [-0.15, -0.1) is 0 Å². The van der Waals surface area contributed by atoms with Gasteiger partial charge in [0.05, 0.1) is 18.2 Å². The molecule has 2 aromatic carbocycles. The molecule has 10 heteroatoms. The zero-order valence-electron chi connectivity index (χ0n) is 15.1. The van der Waals surface area contributed by atoms with Crippen molar-refractivity contribution < 1.29 is 36.2 Å². The Kier molecular flexibility index (Phi) is 5.31. The van der Waals surface area contributed by atoms with E-state index < -0.39 is 32.6 Å². The monoisotopic (exact) mass is 427 g/mol. The van der Waals surface area contributed by atoms with Crippen molar-refractivity contribution in [3.63, 3.8) is 0 Å². The summed E-state index contributed by atoms with van der Waals surface area (Å²) in [4.78, 5) is 10.1. The molecule has 3 rings (SSSR count). The van der Waals surface area contributed by atoms with Crippen LogP contribution in [0.4, 0.5) is 13.2 Å². The Balaban J connectivity index is 2.26. The summed E-state index contributed by atoms with van der Waals surface area (Å²) in [6, 6.07) is 8.32. The number of nitrogens with zero attached hydrogens (tertiary/aromatic N) is 1. The van der Waals surface area contributed by atoms with E-state index in [0.29, 0.717) is 22.8 Å². The molecule has 29 heavy (non-hydrogen) atoms. The zero-order valence-corrected chi connectivity index (χ0v) is 15.9. The van der Waals surface area contributed by atoms with Gasteiger partial charge in [-0.3, -0.25) is 4.79 Å². The number of aliphatic carboxylic acids is 1. The first kappa shape index (κ1) is 20.7. The average molecular weight is 427 g/mol. The van der Waals surface area contributed by atoms with Crippen LogP contribution < -0.4 is 4.74 Å². The van der Waals surface area contributed by atoms with E-state index in [2.05, 4.69) is 0 Å². The van der Waals surface area contributed by atoms with Gasteiger partial charge in [-0.1, -0.05) is 12.1 Å². The lowest BCUT2D eigenvalue weighted by molar-refractivity contribution is -0.140. The zero-order chi connectivity index (χ0) is 21.4. The number of rotatable bonds is 6. The molecule has 0 saturated heterocycles. The topological polar surface area (TPSA) is 85.6 Å². The number of fused-ring (bicyclic) bond motifs is 1. The van der Waals surface area contributed by atoms with Crippen molar-refractivity contribution in [3.8, 4) is 5.75 Å². The molecule has 1 heterocycles. The number of carboxylic acids is 1. The van der Waals surface area contributed by atoms with Gasteiger partial charge in [0.2, 0.25) is 0 Å². The number of aryl methyl sites for hydroxylation is 1. The Hall–Kier alpha value is -3.01. The number of benzene rings is 2. The van der Waals surface area contributed by atoms with Crippen LogP contribution in [0, 0.1) is 0 Å². The number of halogens is 3. The molecular weight excluding hydrogens is 411 g/mol. The van der Waals surface area contributed by atoms with E-state index in [4.69, 9.17) is 9.84 Å². The number of ether oxygens (including phenoxy) is 1. The lowest BCUT2D eigenvalue weighted by Crippen LogP contribution is -2.18. The minimum Gasteiger partial charge on any atom is -0.497 e. The molecule has 0 bridgehead atoms. The fourth-order valence-electron chi connectivity index (χ4n) is 3.04. The van der Waals surface area contributed by atoms with E-state index in [1.165, 1.54) is 31.4 Å². The van der Waals surface area contributed by atoms with Crippen LogP contribution in [0.25, 0.3) is 10.9 Å². The van der Waals surface area contributed by atoms with Crippen LogP contribution in [0.15, 0.2) is 53.6 Å². The number of hydrogen-bond donors (Lipinski definition) is 1. The number of hydrogen-bond acceptors (Lipinski definition) is 4. The van der Waals surface area contributed by atoms with Crippen LogP contribution in [0.2, 0.25) is 0 Å². The van der Waals surface area contributed by atoms with E-state index >= 15 is 0 Å². The van der Waals surface area contributed by atoms with Crippen LogP contribution in [-0.4, -0.2) is 30.6 Å². The molecule has 0 saturated carbocycles. The molecule has 0 unspecified atom stereocenters. The number of alkyl halides is 3. The van der Waals surface area contributed by atoms with Gasteiger partial charge in [0, 0.05) is 18.0 Å². The minimum absolute atomic E-state index is 0.00242. The second-order valence-electron chi connectivity index (χ2n) is 6.23. The molecule has 0 atom stereocenters. The summed E-state index contributed by atoms with van der Waals surface area (Å²) in [6.07, 6.45) is -3.96. The van der Waals surface area contributed by atoms with Gasteiger partial charge in [-0.25, -0.2) is 12.4 Å². The molecule has 1 aromatic heterocycles. The molecule has 0 aliphatic heterocycles. The fourth-order valence-corrected chi connectivity index (χ4v) is 4.65. The third-order valence-corrected chi connectivity index (χ3v) is 6.13. The van der Waals surface area contributed by atoms with Crippen molar-refractivity contribution in [1.29, 1.82) is 0 Å². The average Bonchev–Trinajstić information content (AvgIpc) is 3.04. The van der Waals surface area contributed by atoms with Crippen molar-refractivity contribution in [3.05, 3.63) is 59.8 Å². The maximum atomic E-state index is 13.4. The predicted octanol–water partition coefficient (Wildman–Crippen LogP) is 3.92. The van der Waals surface area contributed by atoms with Crippen molar-refractivity contribution >= 4 is 26.9 Å². The van der Waals surface area contributed by atoms with Gasteiger partial charge in [0.15, 0.2) is 0 Å². The van der Waals surface area contributed by atoms with Gasteiger partial charge < -0.3 is 9.84 Å². The lowest BCUT2D eigenvalue weighted by atomic mass is 10.1. The number of carboxylic acid groups (broad SMARTS) is 1. The van der Waals surface area contributed by atoms with E-state index in [0.717, 1.165) is 22.3 Å². The highest BCUT2D eigenvalue weighted by molar-refractivity contribution is 7.90. The Morgan fingerprint density at radius 2 is 1.86 bits per heavy atom. The van der Waals surface area contributed by atoms with E-state index in [1.54, 1.807) is 0 Å². The van der Waals surface area contributed by atoms with Crippen LogP contribution in [0.3, 0.4) is 0 Å². The molecule has 0 spiro atoms. The van der Waals surface area contributed by atoms with Crippen molar-refractivity contribution in [1.82, 2.24) is 3.97 Å². The maximum absolute atomic E-state index is 13.4. The van der Waals surface area contributed by atoms with Gasteiger partial charge in [0.1, 0.15) is 10.6 Å². The van der Waals surface area contributed by atoms with E-state index in [1.807, 2.05) is 0 Å². The molecule has 0 amide bonds. The molecule has 6 nitrogen and oxygen atoms in total. The number of carbonyl (C=O) groups is 1. The van der Waals surface area contributed by atoms with Crippen molar-refractivity contribution in [2.24, 2.45) is 0 Å². The van der Waals surface area contributed by atoms with E-state index in [-0.39, 0.29) is 18.4 Å². The Bertz CT molecular complexity index is 1180. The molecular formula is C19H16F3NO5S. The highest BCUT2D eigenvalue weighted by atomic mass is 32.2. The lowest BCUT2D eigenvalue weighted by Gasteiger charge is -2.14. The summed E-state index contributed by atoms with van der Waals surface area (Å²) in [7, 11) is -3.20. The Morgan fingerprint density at radius 3 is 2.48 bits per heavy atom. The number of methoxy groups -OCH3 is 1. The summed E-state index contributed by atoms with van der Waals surface area (Å²) < 4.78 is 72.2. The smallest absolute Gasteiger partial charge is 0.417 e. The molecule has 3 aromatic rings. The molecule has 154 valence electrons. The summed E-state index contributed by atoms with van der Waals surface area (Å²) >= 11 is 0. The summed E-state index contributed by atoms with van der Waals surface area (Å²) in [5.74, 6) is -0.681. The second kappa shape index (κ2) is 7.43. The van der Waals surface area contributed by atoms with Crippen LogP contribution >= 0.6 is 0 Å². The molecule has 1 N–H and O–H groups in total. The fraction of sp³-hybridized carbons (Fsp3) is 0.211. The summed E-state index contributed by atoms with van der Waals surface area (Å²) in [5, 5.41) is 9.33. The molecule has 0 fully saturated rings. The van der Waals surface area contributed by atoms with Crippen LogP contribution in [-0.2, 0) is 27.4 Å². The SMILES string of the molecule is COc1ccc2c(c1)c(CCC(=O)O)cn2S(=O)(=O)c1ccccc1C(F)(F)F.